The standard InChI is InChI=1S/C30H30FN7O2/c1-20(23-8-10-25(31)11-9-23)38-30(39)26-14-22(15-32)17-37-29(26)36-16-21-4-6-24(7-5-21)27-18-35-28(19-34-27)33-12-3-13-40-2/h4-11,14,17-20H,3,12-13,16H2,1-2H3,(H,33,35)(H,36,37)(H,38,39). The zero-order valence-corrected chi connectivity index (χ0v) is 22.3. The number of nitrogens with zero attached hydrogens (tertiary/aromatic N) is 4. The summed E-state index contributed by atoms with van der Waals surface area (Å²) in [4.78, 5) is 26.3. The molecule has 1 amide bonds. The summed E-state index contributed by atoms with van der Waals surface area (Å²) in [6.07, 6.45) is 5.73. The molecule has 1 unspecified atom stereocenters. The Kier molecular flexibility index (Phi) is 9.69. The number of rotatable bonds is 12. The number of halogens is 1. The number of methoxy groups -OCH3 is 1. The molecule has 0 aliphatic rings. The van der Waals surface area contributed by atoms with E-state index in [1.54, 1.807) is 38.6 Å². The van der Waals surface area contributed by atoms with Gasteiger partial charge in [-0.05, 0) is 42.7 Å². The molecule has 2 aromatic heterocycles. The molecule has 10 heteroatoms. The normalized spacial score (nSPS) is 11.3. The summed E-state index contributed by atoms with van der Waals surface area (Å²) in [7, 11) is 1.68. The Hall–Kier alpha value is -4.88. The number of ether oxygens (including phenoxy) is 1. The number of nitriles is 1. The molecule has 0 aliphatic carbocycles. The zero-order chi connectivity index (χ0) is 28.3. The van der Waals surface area contributed by atoms with Gasteiger partial charge in [-0.25, -0.2) is 14.4 Å². The Morgan fingerprint density at radius 1 is 1.02 bits per heavy atom. The molecule has 204 valence electrons. The van der Waals surface area contributed by atoms with Crippen molar-refractivity contribution in [1.29, 1.82) is 5.26 Å². The lowest BCUT2D eigenvalue weighted by Crippen LogP contribution is -2.28. The van der Waals surface area contributed by atoms with Crippen molar-refractivity contribution in [3.63, 3.8) is 0 Å². The highest BCUT2D eigenvalue weighted by Gasteiger charge is 2.17. The molecule has 3 N–H and O–H groups in total. The third kappa shape index (κ3) is 7.58. The van der Waals surface area contributed by atoms with E-state index in [1.165, 1.54) is 24.4 Å². The summed E-state index contributed by atoms with van der Waals surface area (Å²) in [5.74, 6) is 0.323. The van der Waals surface area contributed by atoms with Gasteiger partial charge in [-0.15, -0.1) is 0 Å². The van der Waals surface area contributed by atoms with E-state index in [1.807, 2.05) is 30.3 Å². The number of amides is 1. The maximum absolute atomic E-state index is 13.3. The Balaban J connectivity index is 1.39. The molecule has 2 aromatic carbocycles. The number of hydrogen-bond acceptors (Lipinski definition) is 8. The van der Waals surface area contributed by atoms with E-state index >= 15 is 0 Å². The highest BCUT2D eigenvalue weighted by molar-refractivity contribution is 5.99. The summed E-state index contributed by atoms with van der Waals surface area (Å²) in [6, 6.07) is 16.9. The van der Waals surface area contributed by atoms with Gasteiger partial charge >= 0.3 is 0 Å². The fourth-order valence-corrected chi connectivity index (χ4v) is 3.93. The minimum absolute atomic E-state index is 0.246. The summed E-state index contributed by atoms with van der Waals surface area (Å²) in [6.45, 7) is 3.66. The van der Waals surface area contributed by atoms with Gasteiger partial charge in [0.25, 0.3) is 5.91 Å². The van der Waals surface area contributed by atoms with Crippen LogP contribution in [0.5, 0.6) is 0 Å². The molecule has 2 heterocycles. The Bertz CT molecular complexity index is 1450. The van der Waals surface area contributed by atoms with Crippen molar-refractivity contribution in [2.75, 3.05) is 30.9 Å². The minimum Gasteiger partial charge on any atom is -0.385 e. The van der Waals surface area contributed by atoms with Crippen molar-refractivity contribution < 1.29 is 13.9 Å². The summed E-state index contributed by atoms with van der Waals surface area (Å²) < 4.78 is 18.3. The second kappa shape index (κ2) is 13.8. The van der Waals surface area contributed by atoms with Crippen LogP contribution < -0.4 is 16.0 Å². The van der Waals surface area contributed by atoms with Crippen molar-refractivity contribution in [3.05, 3.63) is 101 Å². The molecule has 0 aliphatic heterocycles. The maximum Gasteiger partial charge on any atom is 0.255 e. The summed E-state index contributed by atoms with van der Waals surface area (Å²) in [5.41, 5.74) is 3.91. The molecule has 0 saturated carbocycles. The van der Waals surface area contributed by atoms with Crippen LogP contribution in [-0.2, 0) is 11.3 Å². The van der Waals surface area contributed by atoms with E-state index in [2.05, 4.69) is 30.9 Å². The van der Waals surface area contributed by atoms with Crippen LogP contribution in [0.3, 0.4) is 0 Å². The van der Waals surface area contributed by atoms with Crippen LogP contribution in [0.4, 0.5) is 16.0 Å². The van der Waals surface area contributed by atoms with Gasteiger partial charge in [0.15, 0.2) is 0 Å². The fourth-order valence-electron chi connectivity index (χ4n) is 3.93. The lowest BCUT2D eigenvalue weighted by molar-refractivity contribution is 0.0940. The van der Waals surface area contributed by atoms with Gasteiger partial charge in [-0.2, -0.15) is 5.26 Å². The van der Waals surface area contributed by atoms with Crippen molar-refractivity contribution in [3.8, 4) is 17.3 Å². The number of benzene rings is 2. The van der Waals surface area contributed by atoms with Crippen LogP contribution in [0, 0.1) is 17.1 Å². The van der Waals surface area contributed by atoms with E-state index in [-0.39, 0.29) is 23.0 Å². The van der Waals surface area contributed by atoms with E-state index in [0.717, 1.165) is 35.3 Å². The topological polar surface area (TPSA) is 125 Å². The third-order valence-corrected chi connectivity index (χ3v) is 6.17. The molecule has 1 atom stereocenters. The molecule has 9 nitrogen and oxygen atoms in total. The summed E-state index contributed by atoms with van der Waals surface area (Å²) >= 11 is 0. The highest BCUT2D eigenvalue weighted by atomic mass is 19.1. The van der Waals surface area contributed by atoms with Crippen LogP contribution >= 0.6 is 0 Å². The lowest BCUT2D eigenvalue weighted by atomic mass is 10.1. The van der Waals surface area contributed by atoms with Gasteiger partial charge in [0, 0.05) is 38.6 Å². The number of hydrogen-bond donors (Lipinski definition) is 3. The molecule has 0 saturated heterocycles. The molecule has 4 rings (SSSR count). The van der Waals surface area contributed by atoms with Crippen molar-refractivity contribution in [1.82, 2.24) is 20.3 Å². The first-order chi connectivity index (χ1) is 19.5. The van der Waals surface area contributed by atoms with Gasteiger partial charge in [0.2, 0.25) is 0 Å². The van der Waals surface area contributed by atoms with Crippen LogP contribution in [0.2, 0.25) is 0 Å². The van der Waals surface area contributed by atoms with Crippen LogP contribution in [0.25, 0.3) is 11.3 Å². The number of anilines is 2. The fraction of sp³-hybridized carbons (Fsp3) is 0.233. The molecule has 0 fully saturated rings. The third-order valence-electron chi connectivity index (χ3n) is 6.17. The zero-order valence-electron chi connectivity index (χ0n) is 22.3. The number of aromatic nitrogens is 3. The predicted octanol–water partition coefficient (Wildman–Crippen LogP) is 5.10. The summed E-state index contributed by atoms with van der Waals surface area (Å²) in [5, 5.41) is 18.6. The van der Waals surface area contributed by atoms with Crippen LogP contribution in [0.1, 0.15) is 46.4 Å². The Morgan fingerprint density at radius 2 is 1.80 bits per heavy atom. The van der Waals surface area contributed by atoms with Crippen LogP contribution in [0.15, 0.2) is 73.2 Å². The quantitative estimate of drug-likeness (QED) is 0.212. The van der Waals surface area contributed by atoms with E-state index in [4.69, 9.17) is 4.74 Å². The molecule has 0 spiro atoms. The first-order valence-corrected chi connectivity index (χ1v) is 12.8. The number of carbonyl (C=O) groups is 1. The number of nitrogens with one attached hydrogen (secondary N) is 3. The van der Waals surface area contributed by atoms with Crippen molar-refractivity contribution >= 4 is 17.5 Å². The molecule has 4 aromatic rings. The van der Waals surface area contributed by atoms with E-state index < -0.39 is 5.91 Å². The Morgan fingerprint density at radius 3 is 2.48 bits per heavy atom. The lowest BCUT2D eigenvalue weighted by Gasteiger charge is -2.16. The van der Waals surface area contributed by atoms with E-state index in [9.17, 15) is 14.4 Å². The molecule has 0 radical (unpaired) electrons. The molecular formula is C30H30FN7O2. The first-order valence-electron chi connectivity index (χ1n) is 12.8. The Labute approximate surface area is 232 Å². The molecule has 0 bridgehead atoms. The second-order valence-electron chi connectivity index (χ2n) is 9.09. The van der Waals surface area contributed by atoms with E-state index in [0.29, 0.717) is 24.8 Å². The average molecular weight is 540 g/mol. The van der Waals surface area contributed by atoms with Gasteiger partial charge in [0.1, 0.15) is 23.5 Å². The van der Waals surface area contributed by atoms with Gasteiger partial charge in [-0.1, -0.05) is 36.4 Å². The SMILES string of the molecule is COCCCNc1cnc(-c2ccc(CNc3ncc(C#N)cc3C(=O)NC(C)c3ccc(F)cc3)cc2)cn1. The average Bonchev–Trinajstić information content (AvgIpc) is 2.99. The first kappa shape index (κ1) is 28.1. The van der Waals surface area contributed by atoms with Crippen molar-refractivity contribution in [2.45, 2.75) is 25.9 Å². The van der Waals surface area contributed by atoms with Gasteiger partial charge in [0.05, 0.1) is 35.3 Å². The predicted molar refractivity (Wildman–Crippen MR) is 151 cm³/mol. The largest absolute Gasteiger partial charge is 0.385 e. The maximum atomic E-state index is 13.3. The highest BCUT2D eigenvalue weighted by Crippen LogP contribution is 2.21. The monoisotopic (exact) mass is 539 g/mol. The number of pyridine rings is 1. The van der Waals surface area contributed by atoms with Crippen LogP contribution in [-0.4, -0.2) is 41.1 Å². The molecule has 40 heavy (non-hydrogen) atoms. The van der Waals surface area contributed by atoms with Crippen molar-refractivity contribution in [2.24, 2.45) is 0 Å². The smallest absolute Gasteiger partial charge is 0.255 e. The molecular weight excluding hydrogens is 509 g/mol. The second-order valence-corrected chi connectivity index (χ2v) is 9.09. The van der Waals surface area contributed by atoms with Gasteiger partial charge in [-0.3, -0.25) is 9.78 Å². The minimum atomic E-state index is -0.394. The van der Waals surface area contributed by atoms with Gasteiger partial charge < -0.3 is 20.7 Å². The number of carbonyl (C=O) groups excluding carboxylic acids is 1.